The third-order valence-corrected chi connectivity index (χ3v) is 7.01. The van der Waals surface area contributed by atoms with E-state index in [1.165, 1.54) is 0 Å². The van der Waals surface area contributed by atoms with Crippen molar-refractivity contribution in [1.82, 2.24) is 4.90 Å². The number of fused-ring (bicyclic) bond motifs is 3. The predicted octanol–water partition coefficient (Wildman–Crippen LogP) is 2.36. The topological polar surface area (TPSA) is 70.1 Å². The maximum Gasteiger partial charge on any atom is 0.230 e. The van der Waals surface area contributed by atoms with E-state index in [2.05, 4.69) is 0 Å². The zero-order chi connectivity index (χ0) is 21.4. The van der Waals surface area contributed by atoms with Gasteiger partial charge in [-0.25, -0.2) is 0 Å². The Morgan fingerprint density at radius 3 is 2.45 bits per heavy atom. The average molecular weight is 421 g/mol. The summed E-state index contributed by atoms with van der Waals surface area (Å²) >= 11 is 0. The van der Waals surface area contributed by atoms with Gasteiger partial charge in [0, 0.05) is 37.3 Å². The molecule has 6 heteroatoms. The SMILES string of the molecule is O=C(C1CCOCC1)N1C[C@H]2[C@@H](c3ccccc31)[C@@H](CO)N2C(=O)Cc1ccccc1. The Hall–Kier alpha value is -2.70. The van der Waals surface area contributed by atoms with Gasteiger partial charge in [-0.15, -0.1) is 0 Å². The lowest BCUT2D eigenvalue weighted by molar-refractivity contribution is -0.150. The lowest BCUT2D eigenvalue weighted by Gasteiger charge is -2.59. The Morgan fingerprint density at radius 1 is 1.00 bits per heavy atom. The normalized spacial score (nSPS) is 25.4. The number of amides is 2. The summed E-state index contributed by atoms with van der Waals surface area (Å²) in [6.07, 6.45) is 1.78. The molecule has 3 aliphatic heterocycles. The molecule has 0 saturated carbocycles. The molecule has 2 amide bonds. The molecule has 0 spiro atoms. The van der Waals surface area contributed by atoms with Gasteiger partial charge in [0.05, 0.1) is 25.1 Å². The zero-order valence-electron chi connectivity index (χ0n) is 17.5. The molecule has 3 aliphatic rings. The third-order valence-electron chi connectivity index (χ3n) is 7.01. The lowest BCUT2D eigenvalue weighted by atomic mass is 9.71. The molecule has 0 aliphatic carbocycles. The van der Waals surface area contributed by atoms with Crippen molar-refractivity contribution in [3.05, 3.63) is 65.7 Å². The maximum absolute atomic E-state index is 13.4. The van der Waals surface area contributed by atoms with Crippen molar-refractivity contribution in [3.63, 3.8) is 0 Å². The number of rotatable bonds is 4. The molecule has 5 rings (SSSR count). The molecule has 162 valence electrons. The highest BCUT2D eigenvalue weighted by Gasteiger charge is 2.55. The molecule has 0 radical (unpaired) electrons. The second-order valence-electron chi connectivity index (χ2n) is 8.70. The van der Waals surface area contributed by atoms with Crippen LogP contribution in [-0.2, 0) is 20.7 Å². The number of carbonyl (C=O) groups excluding carboxylic acids is 2. The van der Waals surface area contributed by atoms with E-state index >= 15 is 0 Å². The molecule has 0 unspecified atom stereocenters. The molecule has 2 saturated heterocycles. The molecule has 6 nitrogen and oxygen atoms in total. The predicted molar refractivity (Wildman–Crippen MR) is 117 cm³/mol. The van der Waals surface area contributed by atoms with Gasteiger partial charge in [0.2, 0.25) is 11.8 Å². The molecule has 0 aromatic heterocycles. The monoisotopic (exact) mass is 420 g/mol. The van der Waals surface area contributed by atoms with Gasteiger partial charge < -0.3 is 19.6 Å². The van der Waals surface area contributed by atoms with E-state index in [-0.39, 0.29) is 42.3 Å². The van der Waals surface area contributed by atoms with E-state index in [0.29, 0.717) is 26.2 Å². The fourth-order valence-electron chi connectivity index (χ4n) is 5.47. The van der Waals surface area contributed by atoms with Gasteiger partial charge in [0.15, 0.2) is 0 Å². The minimum absolute atomic E-state index is 0.00402. The molecule has 3 atom stereocenters. The van der Waals surface area contributed by atoms with Crippen LogP contribution in [0.25, 0.3) is 0 Å². The molecule has 1 N–H and O–H groups in total. The number of para-hydroxylation sites is 1. The van der Waals surface area contributed by atoms with Crippen LogP contribution < -0.4 is 4.90 Å². The number of ether oxygens (including phenoxy) is 1. The van der Waals surface area contributed by atoms with Crippen LogP contribution in [0.3, 0.4) is 0 Å². The van der Waals surface area contributed by atoms with E-state index in [0.717, 1.165) is 29.7 Å². The Balaban J connectivity index is 1.43. The maximum atomic E-state index is 13.4. The van der Waals surface area contributed by atoms with Crippen LogP contribution in [0.2, 0.25) is 0 Å². The summed E-state index contributed by atoms with van der Waals surface area (Å²) in [6.45, 7) is 1.64. The first kappa shape index (κ1) is 20.2. The van der Waals surface area contributed by atoms with Crippen molar-refractivity contribution < 1.29 is 19.4 Å². The molecule has 0 bridgehead atoms. The van der Waals surface area contributed by atoms with E-state index in [1.807, 2.05) is 64.4 Å². The highest BCUT2D eigenvalue weighted by molar-refractivity contribution is 5.97. The van der Waals surface area contributed by atoms with Crippen molar-refractivity contribution in [3.8, 4) is 0 Å². The van der Waals surface area contributed by atoms with Gasteiger partial charge >= 0.3 is 0 Å². The number of aliphatic hydroxyl groups excluding tert-OH is 1. The number of benzene rings is 2. The number of aliphatic hydroxyl groups is 1. The summed E-state index contributed by atoms with van der Waals surface area (Å²) in [6, 6.07) is 17.3. The minimum Gasteiger partial charge on any atom is -0.394 e. The lowest BCUT2D eigenvalue weighted by Crippen LogP contribution is -2.71. The molecule has 2 aromatic carbocycles. The highest BCUT2D eigenvalue weighted by Crippen LogP contribution is 2.48. The van der Waals surface area contributed by atoms with Crippen LogP contribution in [0.1, 0.15) is 29.9 Å². The van der Waals surface area contributed by atoms with E-state index in [9.17, 15) is 14.7 Å². The molecular weight excluding hydrogens is 392 g/mol. The van der Waals surface area contributed by atoms with Gasteiger partial charge in [-0.3, -0.25) is 9.59 Å². The van der Waals surface area contributed by atoms with Crippen molar-refractivity contribution in [2.45, 2.75) is 37.3 Å². The van der Waals surface area contributed by atoms with Crippen molar-refractivity contribution >= 4 is 17.5 Å². The minimum atomic E-state index is -0.248. The molecule has 3 heterocycles. The van der Waals surface area contributed by atoms with E-state index in [1.54, 1.807) is 0 Å². The number of hydrogen-bond acceptors (Lipinski definition) is 4. The first-order valence-electron chi connectivity index (χ1n) is 11.1. The Morgan fingerprint density at radius 2 is 1.71 bits per heavy atom. The second kappa shape index (κ2) is 8.44. The van der Waals surface area contributed by atoms with Crippen molar-refractivity contribution in [1.29, 1.82) is 0 Å². The van der Waals surface area contributed by atoms with Gasteiger partial charge in [-0.2, -0.15) is 0 Å². The zero-order valence-corrected chi connectivity index (χ0v) is 17.5. The molecule has 2 fully saturated rings. The van der Waals surface area contributed by atoms with Gasteiger partial charge in [-0.05, 0) is 30.0 Å². The first-order valence-corrected chi connectivity index (χ1v) is 11.1. The van der Waals surface area contributed by atoms with Crippen LogP contribution >= 0.6 is 0 Å². The summed E-state index contributed by atoms with van der Waals surface area (Å²) in [7, 11) is 0. The van der Waals surface area contributed by atoms with Crippen LogP contribution in [0.4, 0.5) is 5.69 Å². The standard InChI is InChI=1S/C25H28N2O4/c28-16-22-24-19-8-4-5-9-20(19)26(25(30)18-10-12-31-13-11-18)15-21(24)27(22)23(29)14-17-6-2-1-3-7-17/h1-9,18,21-22,24,28H,10-16H2/t21-,22+,24+/m0/s1. The number of anilines is 1. The van der Waals surface area contributed by atoms with Gasteiger partial charge in [0.1, 0.15) is 0 Å². The fourth-order valence-corrected chi connectivity index (χ4v) is 5.47. The summed E-state index contributed by atoms with van der Waals surface area (Å²) < 4.78 is 5.44. The smallest absolute Gasteiger partial charge is 0.230 e. The van der Waals surface area contributed by atoms with E-state index in [4.69, 9.17) is 4.74 Å². The number of hydrogen-bond donors (Lipinski definition) is 1. The summed E-state index contributed by atoms with van der Waals surface area (Å²) in [5.41, 5.74) is 2.94. The summed E-state index contributed by atoms with van der Waals surface area (Å²) in [5.74, 6) is 0.140. The quantitative estimate of drug-likeness (QED) is 0.825. The largest absolute Gasteiger partial charge is 0.394 e. The van der Waals surface area contributed by atoms with Gasteiger partial charge in [0.25, 0.3) is 0 Å². The van der Waals surface area contributed by atoms with E-state index < -0.39 is 0 Å². The molecule has 2 aromatic rings. The van der Waals surface area contributed by atoms with Crippen LogP contribution in [0.15, 0.2) is 54.6 Å². The highest BCUT2D eigenvalue weighted by atomic mass is 16.5. The second-order valence-corrected chi connectivity index (χ2v) is 8.70. The summed E-state index contributed by atoms with van der Waals surface area (Å²) in [4.78, 5) is 30.3. The Kier molecular flexibility index (Phi) is 5.50. The van der Waals surface area contributed by atoms with Crippen molar-refractivity contribution in [2.24, 2.45) is 5.92 Å². The van der Waals surface area contributed by atoms with Crippen LogP contribution in [-0.4, -0.2) is 60.3 Å². The third kappa shape index (κ3) is 3.54. The van der Waals surface area contributed by atoms with Crippen molar-refractivity contribution in [2.75, 3.05) is 31.3 Å². The Bertz CT molecular complexity index is 957. The van der Waals surface area contributed by atoms with Gasteiger partial charge in [-0.1, -0.05) is 48.5 Å². The first-order chi connectivity index (χ1) is 15.2. The number of carbonyl (C=O) groups is 2. The molecular formula is C25H28N2O4. The fraction of sp³-hybridized carbons (Fsp3) is 0.440. The summed E-state index contributed by atoms with van der Waals surface area (Å²) in [5, 5.41) is 10.1. The van der Waals surface area contributed by atoms with Crippen LogP contribution in [0, 0.1) is 5.92 Å². The average Bonchev–Trinajstić information content (AvgIpc) is 2.80. The number of nitrogens with zero attached hydrogens (tertiary/aromatic N) is 2. The number of likely N-dealkylation sites (tertiary alicyclic amines) is 1. The van der Waals surface area contributed by atoms with Crippen LogP contribution in [0.5, 0.6) is 0 Å². The molecule has 31 heavy (non-hydrogen) atoms. The Labute approximate surface area is 182 Å².